The molecular formula is C23H27N3O3. The molecular weight excluding hydrogens is 366 g/mol. The Morgan fingerprint density at radius 3 is 2.62 bits per heavy atom. The molecule has 0 heterocycles. The van der Waals surface area contributed by atoms with E-state index >= 15 is 0 Å². The highest BCUT2D eigenvalue weighted by molar-refractivity contribution is 5.81. The van der Waals surface area contributed by atoms with E-state index in [1.165, 1.54) is 0 Å². The van der Waals surface area contributed by atoms with Crippen molar-refractivity contribution in [3.63, 3.8) is 0 Å². The highest BCUT2D eigenvalue weighted by atomic mass is 16.5. The first-order chi connectivity index (χ1) is 14.0. The standard InChI is InChI=1S/C23H27N3O3/c1-3-29-23(28)22(26-18-9-7-16(14-24)8-10-18)17-11-15(2)12-19(13-17)25-20-5-4-6-21(20)27/h7-13,20-22,25-27H,3-6H2,1-2H3. The van der Waals surface area contributed by atoms with Gasteiger partial charge < -0.3 is 20.5 Å². The molecule has 0 amide bonds. The SMILES string of the molecule is CCOC(=O)C(Nc1ccc(C#N)cc1)c1cc(C)cc(NC2CCCC2O)c1. The molecule has 152 valence electrons. The Morgan fingerprint density at radius 2 is 2.00 bits per heavy atom. The molecule has 0 aliphatic heterocycles. The summed E-state index contributed by atoms with van der Waals surface area (Å²) < 4.78 is 5.29. The summed E-state index contributed by atoms with van der Waals surface area (Å²) in [7, 11) is 0. The monoisotopic (exact) mass is 393 g/mol. The van der Waals surface area contributed by atoms with Crippen molar-refractivity contribution in [2.45, 2.75) is 51.3 Å². The van der Waals surface area contributed by atoms with Crippen LogP contribution >= 0.6 is 0 Å². The van der Waals surface area contributed by atoms with Gasteiger partial charge in [0.25, 0.3) is 0 Å². The van der Waals surface area contributed by atoms with Gasteiger partial charge in [0.1, 0.15) is 0 Å². The minimum Gasteiger partial charge on any atom is -0.464 e. The molecule has 0 spiro atoms. The zero-order valence-corrected chi connectivity index (χ0v) is 16.8. The van der Waals surface area contributed by atoms with E-state index in [9.17, 15) is 9.90 Å². The maximum atomic E-state index is 12.7. The number of nitriles is 1. The van der Waals surface area contributed by atoms with E-state index in [-0.39, 0.29) is 24.7 Å². The van der Waals surface area contributed by atoms with Crippen molar-refractivity contribution in [2.75, 3.05) is 17.2 Å². The third-order valence-corrected chi connectivity index (χ3v) is 5.11. The van der Waals surface area contributed by atoms with Crippen molar-refractivity contribution in [1.82, 2.24) is 0 Å². The quantitative estimate of drug-likeness (QED) is 0.618. The zero-order valence-electron chi connectivity index (χ0n) is 16.8. The van der Waals surface area contributed by atoms with Crippen LogP contribution in [0.3, 0.4) is 0 Å². The summed E-state index contributed by atoms with van der Waals surface area (Å²) in [6.07, 6.45) is 2.39. The van der Waals surface area contributed by atoms with Crippen molar-refractivity contribution in [3.05, 3.63) is 59.2 Å². The number of carbonyl (C=O) groups excluding carboxylic acids is 1. The van der Waals surface area contributed by atoms with E-state index in [0.717, 1.165) is 41.8 Å². The summed E-state index contributed by atoms with van der Waals surface area (Å²) in [4.78, 5) is 12.7. The number of benzene rings is 2. The van der Waals surface area contributed by atoms with E-state index in [1.807, 2.05) is 25.1 Å². The van der Waals surface area contributed by atoms with Gasteiger partial charge in [0.2, 0.25) is 0 Å². The molecule has 3 unspecified atom stereocenters. The molecule has 2 aromatic carbocycles. The van der Waals surface area contributed by atoms with Crippen LogP contribution in [0.2, 0.25) is 0 Å². The van der Waals surface area contributed by atoms with Crippen molar-refractivity contribution in [1.29, 1.82) is 5.26 Å². The fourth-order valence-electron chi connectivity index (χ4n) is 3.70. The lowest BCUT2D eigenvalue weighted by Gasteiger charge is -2.22. The van der Waals surface area contributed by atoms with Gasteiger partial charge in [-0.25, -0.2) is 4.79 Å². The summed E-state index contributed by atoms with van der Waals surface area (Å²) in [5.41, 5.74) is 3.95. The van der Waals surface area contributed by atoms with E-state index in [2.05, 4.69) is 16.7 Å². The molecule has 0 bridgehead atoms. The minimum absolute atomic E-state index is 0.0252. The Hall–Kier alpha value is -3.04. The summed E-state index contributed by atoms with van der Waals surface area (Å²) in [5.74, 6) is -0.366. The molecule has 1 fully saturated rings. The third kappa shape index (κ3) is 5.27. The summed E-state index contributed by atoms with van der Waals surface area (Å²) in [6.45, 7) is 4.04. The first kappa shape index (κ1) is 20.7. The molecule has 1 aliphatic carbocycles. The van der Waals surface area contributed by atoms with Gasteiger partial charge in [-0.3, -0.25) is 0 Å². The number of carbonyl (C=O) groups is 1. The first-order valence-corrected chi connectivity index (χ1v) is 9.99. The lowest BCUT2D eigenvalue weighted by molar-refractivity contribution is -0.144. The molecule has 29 heavy (non-hydrogen) atoms. The molecule has 3 N–H and O–H groups in total. The molecule has 0 saturated heterocycles. The second kappa shape index (κ2) is 9.44. The van der Waals surface area contributed by atoms with Gasteiger partial charge in [0.05, 0.1) is 30.4 Å². The number of hydrogen-bond donors (Lipinski definition) is 3. The van der Waals surface area contributed by atoms with Crippen LogP contribution in [-0.2, 0) is 9.53 Å². The number of aryl methyl sites for hydroxylation is 1. The predicted molar refractivity (Wildman–Crippen MR) is 113 cm³/mol. The number of ether oxygens (including phenoxy) is 1. The number of esters is 1. The molecule has 6 heteroatoms. The van der Waals surface area contributed by atoms with Gasteiger partial charge in [0.15, 0.2) is 6.04 Å². The van der Waals surface area contributed by atoms with E-state index in [4.69, 9.17) is 10.00 Å². The number of rotatable bonds is 7. The van der Waals surface area contributed by atoms with Gasteiger partial charge in [-0.05, 0) is 80.6 Å². The van der Waals surface area contributed by atoms with Gasteiger partial charge in [-0.2, -0.15) is 5.26 Å². The molecule has 2 aromatic rings. The Bertz CT molecular complexity index is 889. The lowest BCUT2D eigenvalue weighted by atomic mass is 10.0. The Balaban J connectivity index is 1.87. The molecule has 0 radical (unpaired) electrons. The van der Waals surface area contributed by atoms with Crippen LogP contribution < -0.4 is 10.6 Å². The van der Waals surface area contributed by atoms with Gasteiger partial charge >= 0.3 is 5.97 Å². The van der Waals surface area contributed by atoms with E-state index in [1.54, 1.807) is 31.2 Å². The number of aliphatic hydroxyl groups excluding tert-OH is 1. The molecule has 1 aliphatic rings. The van der Waals surface area contributed by atoms with Gasteiger partial charge in [0, 0.05) is 11.4 Å². The Labute approximate surface area is 171 Å². The highest BCUT2D eigenvalue weighted by Gasteiger charge is 2.26. The topological polar surface area (TPSA) is 94.4 Å². The number of nitrogens with zero attached hydrogens (tertiary/aromatic N) is 1. The van der Waals surface area contributed by atoms with Crippen LogP contribution in [0.5, 0.6) is 0 Å². The summed E-state index contributed by atoms with van der Waals surface area (Å²) in [5, 5.41) is 25.7. The fourth-order valence-corrected chi connectivity index (χ4v) is 3.70. The van der Waals surface area contributed by atoms with Crippen molar-refractivity contribution in [3.8, 4) is 6.07 Å². The molecule has 0 aromatic heterocycles. The smallest absolute Gasteiger partial charge is 0.333 e. The molecule has 1 saturated carbocycles. The van der Waals surface area contributed by atoms with E-state index < -0.39 is 6.04 Å². The molecule has 6 nitrogen and oxygen atoms in total. The molecule has 3 atom stereocenters. The lowest BCUT2D eigenvalue weighted by Crippen LogP contribution is -2.28. The predicted octanol–water partition coefficient (Wildman–Crippen LogP) is 3.91. The minimum atomic E-state index is -0.683. The largest absolute Gasteiger partial charge is 0.464 e. The van der Waals surface area contributed by atoms with Crippen LogP contribution in [0.15, 0.2) is 42.5 Å². The van der Waals surface area contributed by atoms with Crippen LogP contribution in [0.1, 0.15) is 48.9 Å². The maximum Gasteiger partial charge on any atom is 0.333 e. The van der Waals surface area contributed by atoms with Gasteiger partial charge in [-0.1, -0.05) is 6.07 Å². The van der Waals surface area contributed by atoms with Crippen LogP contribution in [0, 0.1) is 18.3 Å². The number of anilines is 2. The second-order valence-electron chi connectivity index (χ2n) is 7.40. The molecule has 3 rings (SSSR count). The Kier molecular flexibility index (Phi) is 6.73. The zero-order chi connectivity index (χ0) is 20.8. The number of aliphatic hydroxyl groups is 1. The van der Waals surface area contributed by atoms with Crippen molar-refractivity contribution < 1.29 is 14.6 Å². The average Bonchev–Trinajstić information content (AvgIpc) is 3.10. The highest BCUT2D eigenvalue weighted by Crippen LogP contribution is 2.28. The van der Waals surface area contributed by atoms with Crippen molar-refractivity contribution in [2.24, 2.45) is 0 Å². The Morgan fingerprint density at radius 1 is 1.24 bits per heavy atom. The number of nitrogens with one attached hydrogen (secondary N) is 2. The summed E-state index contributed by atoms with van der Waals surface area (Å²) in [6, 6.07) is 14.3. The van der Waals surface area contributed by atoms with Gasteiger partial charge in [-0.15, -0.1) is 0 Å². The fraction of sp³-hybridized carbons (Fsp3) is 0.391. The normalized spacial score (nSPS) is 19.2. The van der Waals surface area contributed by atoms with Crippen LogP contribution in [-0.4, -0.2) is 29.8 Å². The van der Waals surface area contributed by atoms with E-state index in [0.29, 0.717) is 5.56 Å². The van der Waals surface area contributed by atoms with Crippen LogP contribution in [0.4, 0.5) is 11.4 Å². The number of hydrogen-bond acceptors (Lipinski definition) is 6. The first-order valence-electron chi connectivity index (χ1n) is 9.99. The maximum absolute atomic E-state index is 12.7. The summed E-state index contributed by atoms with van der Waals surface area (Å²) >= 11 is 0. The van der Waals surface area contributed by atoms with Crippen LogP contribution in [0.25, 0.3) is 0 Å². The van der Waals surface area contributed by atoms with Crippen molar-refractivity contribution >= 4 is 17.3 Å². The second-order valence-corrected chi connectivity index (χ2v) is 7.40. The average molecular weight is 393 g/mol. The third-order valence-electron chi connectivity index (χ3n) is 5.11.